The number of rotatable bonds is 14. The molecule has 0 aliphatic carbocycles. The lowest BCUT2D eigenvalue weighted by Crippen LogP contribution is -2.38. The Morgan fingerprint density at radius 1 is 0.950 bits per heavy atom. The number of amides is 1. The molecule has 0 saturated carbocycles. The van der Waals surface area contributed by atoms with Crippen LogP contribution >= 0.6 is 0 Å². The van der Waals surface area contributed by atoms with Crippen LogP contribution in [0.25, 0.3) is 0 Å². The van der Waals surface area contributed by atoms with Crippen molar-refractivity contribution < 1.29 is 23.8 Å². The van der Waals surface area contributed by atoms with Crippen molar-refractivity contribution in [2.45, 2.75) is 13.3 Å². The summed E-state index contributed by atoms with van der Waals surface area (Å²) in [5.74, 6) is 4.94. The summed E-state index contributed by atoms with van der Waals surface area (Å²) < 4.78 is 15.7. The quantitative estimate of drug-likeness (QED) is 0.205. The van der Waals surface area contributed by atoms with Crippen LogP contribution in [0.2, 0.25) is 0 Å². The van der Waals surface area contributed by atoms with E-state index < -0.39 is 0 Å². The smallest absolute Gasteiger partial charge is 0.235 e. The summed E-state index contributed by atoms with van der Waals surface area (Å²) in [6.45, 7) is 4.79. The average Bonchev–Trinajstić information content (AvgIpc) is 2.40. The molecule has 0 rings (SSSR count). The lowest BCUT2D eigenvalue weighted by atomic mass is 10.3. The summed E-state index contributed by atoms with van der Waals surface area (Å²) in [6, 6.07) is 0. The van der Waals surface area contributed by atoms with E-state index >= 15 is 0 Å². The minimum Gasteiger partial charge on any atom is -0.379 e. The number of ether oxygens (including phenoxy) is 3. The van der Waals surface area contributed by atoms with Gasteiger partial charge in [-0.15, -0.1) is 0 Å². The highest BCUT2D eigenvalue weighted by Gasteiger charge is 1.97. The Balaban J connectivity index is 3.06. The van der Waals surface area contributed by atoms with Crippen molar-refractivity contribution in [1.29, 1.82) is 0 Å². The second kappa shape index (κ2) is 14.4. The van der Waals surface area contributed by atoms with Crippen molar-refractivity contribution in [2.24, 2.45) is 5.84 Å². The standard InChI is InChI=1S/C12H25N3O5/c1-11(16)2-4-18-6-8-20-9-7-19-5-3-14-12(17)10-15-13/h15H,2-10,13H2,1H3,(H,14,17). The molecule has 0 radical (unpaired) electrons. The van der Waals surface area contributed by atoms with E-state index in [9.17, 15) is 9.59 Å². The first-order chi connectivity index (χ1) is 9.66. The van der Waals surface area contributed by atoms with Crippen LogP contribution in [0.1, 0.15) is 13.3 Å². The SMILES string of the molecule is CC(=O)CCOCCOCCOCCNC(=O)CNN. The van der Waals surface area contributed by atoms with Gasteiger partial charge in [-0.3, -0.25) is 20.9 Å². The van der Waals surface area contributed by atoms with Crippen LogP contribution in [0, 0.1) is 0 Å². The highest BCUT2D eigenvalue weighted by Crippen LogP contribution is 1.85. The molecule has 0 aromatic rings. The van der Waals surface area contributed by atoms with E-state index in [0.29, 0.717) is 52.6 Å². The van der Waals surface area contributed by atoms with Gasteiger partial charge in [0.1, 0.15) is 5.78 Å². The maximum absolute atomic E-state index is 11.0. The maximum atomic E-state index is 11.0. The Bertz CT molecular complexity index is 263. The van der Waals surface area contributed by atoms with Crippen LogP contribution in [0.4, 0.5) is 0 Å². The summed E-state index contributed by atoms with van der Waals surface area (Å²) in [7, 11) is 0. The second-order valence-corrected chi connectivity index (χ2v) is 4.02. The monoisotopic (exact) mass is 291 g/mol. The minimum absolute atomic E-state index is 0.0900. The van der Waals surface area contributed by atoms with E-state index in [1.807, 2.05) is 0 Å². The Morgan fingerprint density at radius 2 is 1.50 bits per heavy atom. The number of nitrogens with two attached hydrogens (primary N) is 1. The predicted molar refractivity (Wildman–Crippen MR) is 73.0 cm³/mol. The summed E-state index contributed by atoms with van der Waals surface area (Å²) in [4.78, 5) is 21.6. The topological polar surface area (TPSA) is 112 Å². The molecule has 0 aromatic carbocycles. The van der Waals surface area contributed by atoms with E-state index in [1.54, 1.807) is 0 Å². The van der Waals surface area contributed by atoms with Crippen molar-refractivity contribution in [3.63, 3.8) is 0 Å². The van der Waals surface area contributed by atoms with Crippen LogP contribution in [0.5, 0.6) is 0 Å². The number of hydrogen-bond donors (Lipinski definition) is 3. The molecule has 0 aromatic heterocycles. The normalized spacial score (nSPS) is 10.5. The first-order valence-corrected chi connectivity index (χ1v) is 6.59. The zero-order chi connectivity index (χ0) is 15.1. The molecule has 4 N–H and O–H groups in total. The molecule has 118 valence electrons. The first kappa shape index (κ1) is 18.9. The molecule has 0 aliphatic rings. The van der Waals surface area contributed by atoms with Crippen LogP contribution < -0.4 is 16.6 Å². The number of carbonyl (C=O) groups excluding carboxylic acids is 2. The number of Topliss-reactive ketones (excluding diaryl/α,β-unsaturated/α-hetero) is 1. The van der Waals surface area contributed by atoms with Crippen molar-refractivity contribution >= 4 is 11.7 Å². The summed E-state index contributed by atoms with van der Waals surface area (Å²) in [6.07, 6.45) is 0.439. The third-order valence-corrected chi connectivity index (χ3v) is 2.17. The Labute approximate surface area is 119 Å². The molecule has 0 fully saturated rings. The fraction of sp³-hybridized carbons (Fsp3) is 0.833. The van der Waals surface area contributed by atoms with Crippen LogP contribution in [-0.4, -0.2) is 64.4 Å². The number of nitrogens with one attached hydrogen (secondary N) is 2. The Morgan fingerprint density at radius 3 is 2.05 bits per heavy atom. The predicted octanol–water partition coefficient (Wildman–Crippen LogP) is -1.41. The van der Waals surface area contributed by atoms with Gasteiger partial charge in [0.15, 0.2) is 0 Å². The number of hydrogen-bond acceptors (Lipinski definition) is 7. The zero-order valence-electron chi connectivity index (χ0n) is 12.0. The highest BCUT2D eigenvalue weighted by atomic mass is 16.5. The molecule has 1 amide bonds. The molecule has 0 bridgehead atoms. The van der Waals surface area contributed by atoms with E-state index in [0.717, 1.165) is 0 Å². The molecule has 0 spiro atoms. The molecule has 0 saturated heterocycles. The number of hydrazine groups is 1. The van der Waals surface area contributed by atoms with Crippen molar-refractivity contribution in [1.82, 2.24) is 10.7 Å². The molecule has 20 heavy (non-hydrogen) atoms. The van der Waals surface area contributed by atoms with E-state index in [-0.39, 0.29) is 18.2 Å². The molecule has 0 aliphatic heterocycles. The molecule has 8 heteroatoms. The van der Waals surface area contributed by atoms with E-state index in [4.69, 9.17) is 20.1 Å². The van der Waals surface area contributed by atoms with Gasteiger partial charge in [0.2, 0.25) is 5.91 Å². The van der Waals surface area contributed by atoms with Gasteiger partial charge in [-0.2, -0.15) is 0 Å². The summed E-state index contributed by atoms with van der Waals surface area (Å²) in [5, 5.41) is 2.62. The van der Waals surface area contributed by atoms with Gasteiger partial charge in [0.25, 0.3) is 0 Å². The van der Waals surface area contributed by atoms with Crippen molar-refractivity contribution in [3.05, 3.63) is 0 Å². The molecular weight excluding hydrogens is 266 g/mol. The minimum atomic E-state index is -0.171. The fourth-order valence-electron chi connectivity index (χ4n) is 1.18. The molecule has 0 heterocycles. The first-order valence-electron chi connectivity index (χ1n) is 6.59. The lowest BCUT2D eigenvalue weighted by Gasteiger charge is -2.07. The third kappa shape index (κ3) is 15.0. The molecule has 0 atom stereocenters. The van der Waals surface area contributed by atoms with Gasteiger partial charge in [-0.1, -0.05) is 0 Å². The zero-order valence-corrected chi connectivity index (χ0v) is 12.0. The Kier molecular flexibility index (Phi) is 13.6. The van der Waals surface area contributed by atoms with Gasteiger partial charge >= 0.3 is 0 Å². The maximum Gasteiger partial charge on any atom is 0.235 e. The third-order valence-electron chi connectivity index (χ3n) is 2.17. The molecule has 8 nitrogen and oxygen atoms in total. The van der Waals surface area contributed by atoms with Gasteiger partial charge in [0, 0.05) is 13.0 Å². The largest absolute Gasteiger partial charge is 0.379 e. The van der Waals surface area contributed by atoms with Crippen LogP contribution in [-0.2, 0) is 23.8 Å². The highest BCUT2D eigenvalue weighted by molar-refractivity contribution is 5.77. The number of carbonyl (C=O) groups is 2. The van der Waals surface area contributed by atoms with Crippen LogP contribution in [0.15, 0.2) is 0 Å². The molecule has 0 unspecified atom stereocenters. The van der Waals surface area contributed by atoms with Crippen LogP contribution in [0.3, 0.4) is 0 Å². The summed E-state index contributed by atoms with van der Waals surface area (Å²) >= 11 is 0. The Hall–Kier alpha value is -1.06. The summed E-state index contributed by atoms with van der Waals surface area (Å²) in [5.41, 5.74) is 2.26. The molecular formula is C12H25N3O5. The van der Waals surface area contributed by atoms with Crippen molar-refractivity contribution in [2.75, 3.05) is 52.7 Å². The number of ketones is 1. The lowest BCUT2D eigenvalue weighted by molar-refractivity contribution is -0.120. The van der Waals surface area contributed by atoms with Gasteiger partial charge in [-0.05, 0) is 6.92 Å². The van der Waals surface area contributed by atoms with Crippen molar-refractivity contribution in [3.8, 4) is 0 Å². The van der Waals surface area contributed by atoms with E-state index in [1.165, 1.54) is 6.92 Å². The fourth-order valence-corrected chi connectivity index (χ4v) is 1.18. The second-order valence-electron chi connectivity index (χ2n) is 4.02. The van der Waals surface area contributed by atoms with Gasteiger partial charge < -0.3 is 19.5 Å². The average molecular weight is 291 g/mol. The van der Waals surface area contributed by atoms with E-state index in [2.05, 4.69) is 10.7 Å². The van der Waals surface area contributed by atoms with Gasteiger partial charge in [0.05, 0.1) is 46.2 Å². The van der Waals surface area contributed by atoms with Gasteiger partial charge in [-0.25, -0.2) is 0 Å².